The van der Waals surface area contributed by atoms with Crippen LogP contribution in [0.15, 0.2) is 17.6 Å². The van der Waals surface area contributed by atoms with Gasteiger partial charge in [-0.05, 0) is 25.8 Å². The quantitative estimate of drug-likeness (QED) is 0.757. The van der Waals surface area contributed by atoms with Gasteiger partial charge in [0.2, 0.25) is 0 Å². The molecule has 16 heavy (non-hydrogen) atoms. The van der Waals surface area contributed by atoms with Crippen molar-refractivity contribution in [2.24, 2.45) is 0 Å². The molecular formula is C12H12N2OS. The van der Waals surface area contributed by atoms with E-state index in [0.29, 0.717) is 6.42 Å². The molecule has 0 atom stereocenters. The fourth-order valence-corrected chi connectivity index (χ4v) is 2.97. The molecule has 2 aromatic heterocycles. The third kappa shape index (κ3) is 1.41. The Morgan fingerprint density at radius 2 is 2.31 bits per heavy atom. The minimum Gasteiger partial charge on any atom is -0.296 e. The van der Waals surface area contributed by atoms with E-state index in [2.05, 4.69) is 9.55 Å². The summed E-state index contributed by atoms with van der Waals surface area (Å²) in [5, 5.41) is 3.00. The van der Waals surface area contributed by atoms with Crippen molar-refractivity contribution in [3.63, 3.8) is 0 Å². The van der Waals surface area contributed by atoms with Crippen LogP contribution in [0.4, 0.5) is 0 Å². The maximum absolute atomic E-state index is 11.7. The van der Waals surface area contributed by atoms with Gasteiger partial charge >= 0.3 is 0 Å². The zero-order valence-electron chi connectivity index (χ0n) is 9.06. The lowest BCUT2D eigenvalue weighted by Gasteiger charge is -2.12. The molecule has 0 saturated heterocycles. The number of carbonyl (C=O) groups is 1. The molecule has 0 spiro atoms. The molecule has 0 saturated carbocycles. The number of aromatic nitrogens is 2. The molecule has 0 amide bonds. The first kappa shape index (κ1) is 9.78. The van der Waals surface area contributed by atoms with E-state index in [9.17, 15) is 4.79 Å². The third-order valence-corrected chi connectivity index (χ3v) is 3.88. The summed E-state index contributed by atoms with van der Waals surface area (Å²) in [4.78, 5) is 16.2. The van der Waals surface area contributed by atoms with Gasteiger partial charge in [-0.25, -0.2) is 4.98 Å². The highest BCUT2D eigenvalue weighted by atomic mass is 32.1. The Hall–Kier alpha value is -1.42. The molecule has 0 fully saturated rings. The van der Waals surface area contributed by atoms with Crippen molar-refractivity contribution >= 4 is 17.1 Å². The van der Waals surface area contributed by atoms with Crippen LogP contribution in [0.25, 0.3) is 5.13 Å². The highest BCUT2D eigenvalue weighted by Crippen LogP contribution is 2.26. The maximum atomic E-state index is 11.7. The lowest BCUT2D eigenvalue weighted by atomic mass is 9.97. The summed E-state index contributed by atoms with van der Waals surface area (Å²) >= 11 is 1.62. The summed E-state index contributed by atoms with van der Waals surface area (Å²) in [5.74, 6) is 0.272. The van der Waals surface area contributed by atoms with Crippen LogP contribution >= 0.6 is 11.3 Å². The van der Waals surface area contributed by atoms with Crippen LogP contribution in [-0.4, -0.2) is 15.3 Å². The van der Waals surface area contributed by atoms with E-state index < -0.39 is 0 Å². The molecule has 3 rings (SSSR count). The molecule has 0 radical (unpaired) electrons. The largest absolute Gasteiger partial charge is 0.296 e. The fraction of sp³-hybridized carbons (Fsp3) is 0.333. The SMILES string of the molecule is Cc1csc(-n2ccc3c2CCCC3=O)n1. The Kier molecular flexibility index (Phi) is 2.17. The highest BCUT2D eigenvalue weighted by molar-refractivity contribution is 7.12. The first-order valence-electron chi connectivity index (χ1n) is 5.41. The molecule has 0 unspecified atom stereocenters. The predicted octanol–water partition coefficient (Wildman–Crippen LogP) is 2.76. The van der Waals surface area contributed by atoms with E-state index in [0.717, 1.165) is 34.9 Å². The highest BCUT2D eigenvalue weighted by Gasteiger charge is 2.21. The third-order valence-electron chi connectivity index (χ3n) is 2.92. The van der Waals surface area contributed by atoms with Gasteiger partial charge in [0.15, 0.2) is 10.9 Å². The number of Topliss-reactive ketones (excluding diaryl/α,β-unsaturated/α-hetero) is 1. The maximum Gasteiger partial charge on any atom is 0.193 e. The number of hydrogen-bond donors (Lipinski definition) is 0. The number of rotatable bonds is 1. The van der Waals surface area contributed by atoms with E-state index >= 15 is 0 Å². The van der Waals surface area contributed by atoms with Gasteiger partial charge in [-0.1, -0.05) is 0 Å². The Bertz CT molecular complexity index is 553. The van der Waals surface area contributed by atoms with Crippen molar-refractivity contribution in [3.8, 4) is 5.13 Å². The minimum atomic E-state index is 0.272. The van der Waals surface area contributed by atoms with Crippen LogP contribution in [0.2, 0.25) is 0 Å². The standard InChI is InChI=1S/C12H12N2OS/c1-8-7-16-12(13-8)14-6-5-9-10(14)3-2-4-11(9)15/h5-7H,2-4H2,1H3. The first-order chi connectivity index (χ1) is 7.75. The molecular weight excluding hydrogens is 220 g/mol. The Morgan fingerprint density at radius 3 is 3.06 bits per heavy atom. The fourth-order valence-electron chi connectivity index (χ4n) is 2.16. The Labute approximate surface area is 97.7 Å². The van der Waals surface area contributed by atoms with Crippen LogP contribution in [0.3, 0.4) is 0 Å². The van der Waals surface area contributed by atoms with Crippen molar-refractivity contribution in [2.45, 2.75) is 26.2 Å². The van der Waals surface area contributed by atoms with Gasteiger partial charge in [-0.3, -0.25) is 9.36 Å². The van der Waals surface area contributed by atoms with E-state index in [1.165, 1.54) is 0 Å². The molecule has 2 heterocycles. The van der Waals surface area contributed by atoms with Crippen molar-refractivity contribution in [1.82, 2.24) is 9.55 Å². The zero-order chi connectivity index (χ0) is 11.1. The predicted molar refractivity (Wildman–Crippen MR) is 63.4 cm³/mol. The number of fused-ring (bicyclic) bond motifs is 1. The number of carbonyl (C=O) groups excluding carboxylic acids is 1. The molecule has 0 N–H and O–H groups in total. The number of hydrogen-bond acceptors (Lipinski definition) is 3. The summed E-state index contributed by atoms with van der Waals surface area (Å²) in [7, 11) is 0. The first-order valence-corrected chi connectivity index (χ1v) is 6.29. The van der Waals surface area contributed by atoms with Gasteiger partial charge in [0.1, 0.15) is 0 Å². The van der Waals surface area contributed by atoms with E-state index in [1.54, 1.807) is 11.3 Å². The van der Waals surface area contributed by atoms with Crippen LogP contribution in [0.5, 0.6) is 0 Å². The van der Waals surface area contributed by atoms with Crippen LogP contribution in [0, 0.1) is 6.92 Å². The molecule has 82 valence electrons. The van der Waals surface area contributed by atoms with E-state index in [4.69, 9.17) is 0 Å². The topological polar surface area (TPSA) is 34.9 Å². The van der Waals surface area contributed by atoms with Gasteiger partial charge in [-0.15, -0.1) is 11.3 Å². The average molecular weight is 232 g/mol. The van der Waals surface area contributed by atoms with Gasteiger partial charge < -0.3 is 0 Å². The normalized spacial score (nSPS) is 15.2. The monoisotopic (exact) mass is 232 g/mol. The molecule has 0 aliphatic heterocycles. The molecule has 3 nitrogen and oxygen atoms in total. The second-order valence-corrected chi connectivity index (χ2v) is 4.93. The Morgan fingerprint density at radius 1 is 1.44 bits per heavy atom. The van der Waals surface area contributed by atoms with Crippen molar-refractivity contribution < 1.29 is 4.79 Å². The lowest BCUT2D eigenvalue weighted by Crippen LogP contribution is -2.12. The number of thiazole rings is 1. The molecule has 1 aliphatic rings. The van der Waals surface area contributed by atoms with Gasteiger partial charge in [0.05, 0.1) is 5.69 Å². The summed E-state index contributed by atoms with van der Waals surface area (Å²) in [6.45, 7) is 1.99. The summed E-state index contributed by atoms with van der Waals surface area (Å²) in [5.41, 5.74) is 3.05. The van der Waals surface area contributed by atoms with Gasteiger partial charge in [0.25, 0.3) is 0 Å². The lowest BCUT2D eigenvalue weighted by molar-refractivity contribution is 0.0972. The zero-order valence-corrected chi connectivity index (χ0v) is 9.88. The van der Waals surface area contributed by atoms with Gasteiger partial charge in [-0.2, -0.15) is 0 Å². The van der Waals surface area contributed by atoms with Crippen molar-refractivity contribution in [1.29, 1.82) is 0 Å². The van der Waals surface area contributed by atoms with Crippen molar-refractivity contribution in [3.05, 3.63) is 34.6 Å². The molecule has 2 aromatic rings. The Balaban J connectivity index is 2.12. The number of ketones is 1. The molecule has 4 heteroatoms. The summed E-state index contributed by atoms with van der Waals surface area (Å²) in [6, 6.07) is 1.92. The van der Waals surface area contributed by atoms with Crippen molar-refractivity contribution in [2.75, 3.05) is 0 Å². The summed E-state index contributed by atoms with van der Waals surface area (Å²) < 4.78 is 2.06. The van der Waals surface area contributed by atoms with E-state index in [-0.39, 0.29) is 5.78 Å². The number of nitrogens with zero attached hydrogens (tertiary/aromatic N) is 2. The molecule has 1 aliphatic carbocycles. The second-order valence-electron chi connectivity index (χ2n) is 4.09. The number of aryl methyl sites for hydroxylation is 1. The van der Waals surface area contributed by atoms with Crippen LogP contribution < -0.4 is 0 Å². The molecule has 0 aromatic carbocycles. The van der Waals surface area contributed by atoms with Crippen LogP contribution in [-0.2, 0) is 6.42 Å². The minimum absolute atomic E-state index is 0.272. The second kappa shape index (κ2) is 3.56. The van der Waals surface area contributed by atoms with Crippen LogP contribution in [0.1, 0.15) is 34.6 Å². The van der Waals surface area contributed by atoms with Gasteiger partial charge in [0, 0.05) is 29.3 Å². The average Bonchev–Trinajstić information content (AvgIpc) is 2.84. The smallest absolute Gasteiger partial charge is 0.193 e. The molecule has 0 bridgehead atoms. The summed E-state index contributed by atoms with van der Waals surface area (Å²) in [6.07, 6.45) is 4.59. The van der Waals surface area contributed by atoms with E-state index in [1.807, 2.05) is 24.6 Å².